The monoisotopic (exact) mass is 550 g/mol. The van der Waals surface area contributed by atoms with Crippen LogP contribution in [0, 0.1) is 0 Å². The third kappa shape index (κ3) is 5.58. The molecule has 0 spiro atoms. The van der Waals surface area contributed by atoms with Gasteiger partial charge in [0.25, 0.3) is 11.1 Å². The lowest BCUT2D eigenvalue weighted by atomic mass is 10.1. The first-order chi connectivity index (χ1) is 17.4. The Morgan fingerprint density at radius 3 is 1.89 bits per heavy atom. The van der Waals surface area contributed by atoms with Crippen molar-refractivity contribution < 1.29 is 48.4 Å². The number of aromatic amines is 2. The predicted octanol–water partition coefficient (Wildman–Crippen LogP) is -4.54. The molecule has 37 heavy (non-hydrogen) atoms. The van der Waals surface area contributed by atoms with Crippen molar-refractivity contribution in [1.29, 1.82) is 0 Å². The van der Waals surface area contributed by atoms with Gasteiger partial charge in [-0.1, -0.05) is 0 Å². The number of nitrogens with one attached hydrogen (secondary N) is 2. The van der Waals surface area contributed by atoms with E-state index in [0.29, 0.717) is 0 Å². The van der Waals surface area contributed by atoms with E-state index in [1.54, 1.807) is 0 Å². The van der Waals surface area contributed by atoms with Gasteiger partial charge in [-0.2, -0.15) is 0 Å². The zero-order chi connectivity index (χ0) is 27.1. The molecule has 2 aliphatic rings. The zero-order valence-corrected chi connectivity index (χ0v) is 19.5. The summed E-state index contributed by atoms with van der Waals surface area (Å²) in [6.45, 7) is -1.64. The lowest BCUT2D eigenvalue weighted by Crippen LogP contribution is -2.39. The number of ether oxygens (including phenoxy) is 2. The highest BCUT2D eigenvalue weighted by Gasteiger charge is 2.50. The van der Waals surface area contributed by atoms with Gasteiger partial charge in [-0.15, -0.1) is 0 Å². The van der Waals surface area contributed by atoms with Crippen molar-refractivity contribution in [3.05, 3.63) is 66.2 Å². The summed E-state index contributed by atoms with van der Waals surface area (Å²) in [5.74, 6) is 0. The van der Waals surface area contributed by atoms with Gasteiger partial charge >= 0.3 is 19.2 Å². The Hall–Kier alpha value is -2.77. The predicted molar refractivity (Wildman–Crippen MR) is 116 cm³/mol. The highest BCUT2D eigenvalue weighted by molar-refractivity contribution is 7.47. The van der Waals surface area contributed by atoms with E-state index in [1.807, 2.05) is 9.97 Å². The van der Waals surface area contributed by atoms with E-state index in [0.717, 1.165) is 33.7 Å². The van der Waals surface area contributed by atoms with Crippen molar-refractivity contribution in [2.24, 2.45) is 0 Å². The van der Waals surface area contributed by atoms with Crippen LogP contribution in [0.15, 0.2) is 43.7 Å². The van der Waals surface area contributed by atoms with E-state index in [9.17, 15) is 49.1 Å². The Kier molecular flexibility index (Phi) is 7.77. The number of aliphatic hydroxyl groups excluding tert-OH is 4. The molecular weight excluding hydrogens is 527 g/mol. The van der Waals surface area contributed by atoms with Gasteiger partial charge in [0.05, 0.1) is 13.2 Å². The van der Waals surface area contributed by atoms with Crippen LogP contribution in [0.4, 0.5) is 0 Å². The Balaban J connectivity index is 1.43. The molecular formula is C18H23N4O14P. The first kappa shape index (κ1) is 27.3. The van der Waals surface area contributed by atoms with E-state index in [4.69, 9.17) is 18.5 Å². The molecule has 1 unspecified atom stereocenters. The van der Waals surface area contributed by atoms with Crippen molar-refractivity contribution in [1.82, 2.24) is 19.1 Å². The van der Waals surface area contributed by atoms with Crippen molar-refractivity contribution in [2.45, 2.75) is 49.1 Å². The molecule has 4 heterocycles. The third-order valence-corrected chi connectivity index (χ3v) is 6.72. The van der Waals surface area contributed by atoms with Crippen molar-refractivity contribution in [3.8, 4) is 0 Å². The molecule has 2 aromatic heterocycles. The molecule has 0 amide bonds. The van der Waals surface area contributed by atoms with Crippen molar-refractivity contribution >= 4 is 7.82 Å². The van der Waals surface area contributed by atoms with E-state index < -0.39 is 92.6 Å². The van der Waals surface area contributed by atoms with E-state index in [1.165, 1.54) is 0 Å². The Bertz CT molecular complexity index is 1400. The average molecular weight is 550 g/mol. The number of nitrogens with zero attached hydrogens (tertiary/aromatic N) is 2. The highest BCUT2D eigenvalue weighted by atomic mass is 31.2. The maximum absolute atomic E-state index is 12.6. The lowest BCUT2D eigenvalue weighted by Gasteiger charge is -2.23. The summed E-state index contributed by atoms with van der Waals surface area (Å²) in [5.41, 5.74) is -3.33. The van der Waals surface area contributed by atoms with Gasteiger partial charge in [-0.25, -0.2) is 14.2 Å². The molecule has 2 saturated heterocycles. The maximum Gasteiger partial charge on any atom is 0.472 e. The summed E-state index contributed by atoms with van der Waals surface area (Å²) in [7, 11) is -5.06. The van der Waals surface area contributed by atoms with Gasteiger partial charge < -0.3 is 34.8 Å². The normalized spacial score (nSPS) is 33.4. The van der Waals surface area contributed by atoms with Crippen LogP contribution >= 0.6 is 7.82 Å². The number of hydrogen-bond donors (Lipinski definition) is 7. The van der Waals surface area contributed by atoms with Crippen molar-refractivity contribution in [3.63, 3.8) is 0 Å². The number of aromatic nitrogens is 4. The van der Waals surface area contributed by atoms with E-state index >= 15 is 0 Å². The average Bonchev–Trinajstić information content (AvgIpc) is 3.28. The lowest BCUT2D eigenvalue weighted by molar-refractivity contribution is -0.0615. The summed E-state index contributed by atoms with van der Waals surface area (Å²) in [6, 6.07) is 1.94. The number of phosphoric acid groups is 1. The number of hydrogen-bond acceptors (Lipinski definition) is 13. The minimum Gasteiger partial charge on any atom is -0.394 e. The van der Waals surface area contributed by atoms with Gasteiger partial charge in [0, 0.05) is 24.5 Å². The quantitative estimate of drug-likeness (QED) is 0.153. The van der Waals surface area contributed by atoms with Gasteiger partial charge in [0.1, 0.15) is 36.6 Å². The molecule has 9 atom stereocenters. The molecule has 0 saturated carbocycles. The topological polar surface area (TPSA) is 265 Å². The van der Waals surface area contributed by atoms with Crippen LogP contribution in [0.25, 0.3) is 0 Å². The molecule has 2 aliphatic heterocycles. The minimum atomic E-state index is -5.06. The third-order valence-electron chi connectivity index (χ3n) is 5.73. The van der Waals surface area contributed by atoms with Gasteiger partial charge in [-0.3, -0.25) is 37.7 Å². The fourth-order valence-electron chi connectivity index (χ4n) is 3.93. The zero-order valence-electron chi connectivity index (χ0n) is 18.6. The van der Waals surface area contributed by atoms with Crippen molar-refractivity contribution in [2.75, 3.05) is 13.2 Å². The number of aliphatic hydroxyl groups is 4. The summed E-state index contributed by atoms with van der Waals surface area (Å²) >= 11 is 0. The molecule has 0 bridgehead atoms. The van der Waals surface area contributed by atoms with Crippen LogP contribution < -0.4 is 22.5 Å². The first-order valence-corrected chi connectivity index (χ1v) is 12.2. The molecule has 0 aliphatic carbocycles. The fourth-order valence-corrected chi connectivity index (χ4v) is 4.89. The fraction of sp³-hybridized carbons (Fsp3) is 0.556. The van der Waals surface area contributed by atoms with Crippen LogP contribution in [0.1, 0.15) is 12.5 Å². The molecule has 18 nitrogen and oxygen atoms in total. The maximum atomic E-state index is 12.6. The first-order valence-electron chi connectivity index (χ1n) is 10.7. The smallest absolute Gasteiger partial charge is 0.394 e. The van der Waals surface area contributed by atoms with Gasteiger partial charge in [-0.05, 0) is 0 Å². The molecule has 2 aromatic rings. The molecule has 19 heteroatoms. The molecule has 204 valence electrons. The molecule has 2 fully saturated rings. The number of H-pyrrole nitrogens is 2. The van der Waals surface area contributed by atoms with Gasteiger partial charge in [0.2, 0.25) is 0 Å². The van der Waals surface area contributed by atoms with Crippen LogP contribution in [-0.4, -0.2) is 94.3 Å². The van der Waals surface area contributed by atoms with Crippen LogP contribution in [0.2, 0.25) is 0 Å². The largest absolute Gasteiger partial charge is 0.472 e. The summed E-state index contributed by atoms with van der Waals surface area (Å²) in [4.78, 5) is 60.5. The summed E-state index contributed by atoms with van der Waals surface area (Å²) < 4.78 is 34.7. The SMILES string of the molecule is O=c1ccn([C@@H]2O[C@H](COP(=O)(O)O[C@H]3[C@@H](O)[C@H](n4ccc(=O)[nH]c4=O)O[C@@H]3CO)[C@@H](O)[C@H]2O)c(=O)[nH]1. The Morgan fingerprint density at radius 1 is 0.865 bits per heavy atom. The highest BCUT2D eigenvalue weighted by Crippen LogP contribution is 2.49. The molecule has 7 N–H and O–H groups in total. The summed E-state index contributed by atoms with van der Waals surface area (Å²) in [5, 5.41) is 40.6. The standard InChI is InChI=1S/C18H23N4O14P/c23-5-7-14(13(28)16(34-7)22-4-2-10(25)20-18(22)30)36-37(31,32)33-6-8-11(26)12(27)15(35-8)21-3-1-9(24)19-17(21)29/h1-4,7-8,11-16,23,26-28H,5-6H2,(H,31,32)(H,19,24,29)(H,20,25,30)/t7-,8-,11-,12-,13-,14-,15-,16-/m1/s1. The molecule has 4 rings (SSSR count). The van der Waals surface area contributed by atoms with E-state index in [2.05, 4.69) is 0 Å². The van der Waals surface area contributed by atoms with Crippen LogP contribution in [-0.2, 0) is 23.1 Å². The minimum absolute atomic E-state index is 0.709. The second-order valence-corrected chi connectivity index (χ2v) is 9.56. The second-order valence-electron chi connectivity index (χ2n) is 8.15. The Labute approximate surface area is 204 Å². The van der Waals surface area contributed by atoms with Gasteiger partial charge in [0.15, 0.2) is 12.5 Å². The van der Waals surface area contributed by atoms with E-state index in [-0.39, 0.29) is 0 Å². The van der Waals surface area contributed by atoms with Crippen LogP contribution in [0.3, 0.4) is 0 Å². The Morgan fingerprint density at radius 2 is 1.38 bits per heavy atom. The number of rotatable bonds is 8. The van der Waals surface area contributed by atoms with Crippen LogP contribution in [0.5, 0.6) is 0 Å². The summed E-state index contributed by atoms with van der Waals surface area (Å²) in [6.07, 6.45) is -10.6. The number of phosphoric ester groups is 1. The second kappa shape index (κ2) is 10.5. The molecule has 0 radical (unpaired) electrons. The molecule has 0 aromatic carbocycles.